The van der Waals surface area contributed by atoms with E-state index in [0.717, 1.165) is 6.07 Å². The van der Waals surface area contributed by atoms with Gasteiger partial charge in [0.1, 0.15) is 5.82 Å². The van der Waals surface area contributed by atoms with Gasteiger partial charge in [-0.1, -0.05) is 23.7 Å². The number of nitrogens with one attached hydrogen (secondary N) is 1. The molecule has 0 heterocycles. The van der Waals surface area contributed by atoms with E-state index >= 15 is 0 Å². The summed E-state index contributed by atoms with van der Waals surface area (Å²) in [5, 5.41) is 10.6. The van der Waals surface area contributed by atoms with E-state index in [1.807, 2.05) is 0 Å². The van der Waals surface area contributed by atoms with Crippen LogP contribution >= 0.6 is 11.6 Å². The van der Waals surface area contributed by atoms with Crippen molar-refractivity contribution in [2.24, 2.45) is 0 Å². The van der Waals surface area contributed by atoms with Gasteiger partial charge in [-0.25, -0.2) is 12.8 Å². The largest absolute Gasteiger partial charge is 0.550 e. The maximum atomic E-state index is 13.7. The Bertz CT molecular complexity index is 822. The highest BCUT2D eigenvalue weighted by Gasteiger charge is 2.16. The summed E-state index contributed by atoms with van der Waals surface area (Å²) in [6.07, 6.45) is 0.0856. The lowest BCUT2D eigenvalue weighted by Crippen LogP contribution is -2.22. The smallest absolute Gasteiger partial charge is 0.261 e. The first kappa shape index (κ1) is 17.2. The Morgan fingerprint density at radius 1 is 1.17 bits per heavy atom. The quantitative estimate of drug-likeness (QED) is 0.857. The van der Waals surface area contributed by atoms with Gasteiger partial charge in [0.05, 0.1) is 10.6 Å². The third-order valence-electron chi connectivity index (χ3n) is 3.03. The van der Waals surface area contributed by atoms with Gasteiger partial charge in [-0.05, 0) is 48.7 Å². The Balaban J connectivity index is 2.17. The Hall–Kier alpha value is -2.12. The maximum Gasteiger partial charge on any atom is 0.261 e. The van der Waals surface area contributed by atoms with Crippen molar-refractivity contribution in [3.8, 4) is 0 Å². The van der Waals surface area contributed by atoms with Crippen LogP contribution in [0.1, 0.15) is 12.0 Å². The summed E-state index contributed by atoms with van der Waals surface area (Å²) >= 11 is 5.61. The highest BCUT2D eigenvalue weighted by Crippen LogP contribution is 2.22. The van der Waals surface area contributed by atoms with Gasteiger partial charge in [-0.2, -0.15) is 0 Å². The average Bonchev–Trinajstić information content (AvgIpc) is 2.48. The van der Waals surface area contributed by atoms with Crippen LogP contribution in [-0.4, -0.2) is 14.4 Å². The van der Waals surface area contributed by atoms with Crippen LogP contribution in [0.15, 0.2) is 47.4 Å². The molecule has 0 atom stereocenters. The van der Waals surface area contributed by atoms with Gasteiger partial charge < -0.3 is 9.90 Å². The van der Waals surface area contributed by atoms with Crippen LogP contribution in [0.4, 0.5) is 10.1 Å². The Kier molecular flexibility index (Phi) is 5.23. The first-order valence-electron chi connectivity index (χ1n) is 6.54. The molecule has 0 bridgehead atoms. The zero-order chi connectivity index (χ0) is 17.0. The predicted molar refractivity (Wildman–Crippen MR) is 82.0 cm³/mol. The second kappa shape index (κ2) is 6.97. The molecular formula is C15H12ClFNO4S-. The van der Waals surface area contributed by atoms with E-state index in [4.69, 9.17) is 11.6 Å². The molecular weight excluding hydrogens is 345 g/mol. The summed E-state index contributed by atoms with van der Waals surface area (Å²) in [5.74, 6) is -1.96. The molecule has 0 fully saturated rings. The molecule has 0 saturated carbocycles. The first-order valence-corrected chi connectivity index (χ1v) is 8.41. The second-order valence-electron chi connectivity index (χ2n) is 4.75. The number of benzene rings is 2. The van der Waals surface area contributed by atoms with E-state index in [1.165, 1.54) is 36.4 Å². The third-order valence-corrected chi connectivity index (χ3v) is 4.64. The summed E-state index contributed by atoms with van der Waals surface area (Å²) < 4.78 is 40.2. The fraction of sp³-hybridized carbons (Fsp3) is 0.133. The van der Waals surface area contributed by atoms with Gasteiger partial charge in [0.25, 0.3) is 10.0 Å². The lowest BCUT2D eigenvalue weighted by atomic mass is 10.1. The monoisotopic (exact) mass is 356 g/mol. The van der Waals surface area contributed by atoms with Crippen molar-refractivity contribution >= 4 is 33.3 Å². The predicted octanol–water partition coefficient (Wildman–Crippen LogP) is 1.96. The van der Waals surface area contributed by atoms with Gasteiger partial charge in [0, 0.05) is 11.0 Å². The number of hydrogen-bond acceptors (Lipinski definition) is 4. The standard InChI is InChI=1S/C15H13ClFNO4S/c16-11-4-7-14(13(17)9-11)18-23(21,22)12-5-1-10(2-6-12)3-8-15(19)20/h1-2,4-7,9,18H,3,8H2,(H,19,20)/p-1. The number of sulfonamides is 1. The van der Waals surface area contributed by atoms with E-state index in [0.29, 0.717) is 5.56 Å². The van der Waals surface area contributed by atoms with E-state index in [-0.39, 0.29) is 28.4 Å². The molecule has 0 amide bonds. The number of aryl methyl sites for hydroxylation is 1. The minimum Gasteiger partial charge on any atom is -0.550 e. The van der Waals surface area contributed by atoms with Gasteiger partial charge in [0.2, 0.25) is 0 Å². The molecule has 0 aliphatic carbocycles. The number of carbonyl (C=O) groups is 1. The van der Waals surface area contributed by atoms with Crippen LogP contribution in [0, 0.1) is 5.82 Å². The molecule has 8 heteroatoms. The highest BCUT2D eigenvalue weighted by molar-refractivity contribution is 7.92. The lowest BCUT2D eigenvalue weighted by molar-refractivity contribution is -0.305. The molecule has 0 aliphatic heterocycles. The molecule has 2 rings (SSSR count). The number of carboxylic acids is 1. The van der Waals surface area contributed by atoms with Crippen LogP contribution in [0.3, 0.4) is 0 Å². The van der Waals surface area contributed by atoms with E-state index in [9.17, 15) is 22.7 Å². The van der Waals surface area contributed by atoms with Crippen molar-refractivity contribution in [3.63, 3.8) is 0 Å². The molecule has 0 unspecified atom stereocenters. The fourth-order valence-corrected chi connectivity index (χ4v) is 3.08. The van der Waals surface area contributed by atoms with Gasteiger partial charge >= 0.3 is 0 Å². The summed E-state index contributed by atoms with van der Waals surface area (Å²) in [6.45, 7) is 0. The van der Waals surface area contributed by atoms with Gasteiger partial charge in [-0.3, -0.25) is 4.72 Å². The molecule has 2 aromatic carbocycles. The summed E-state index contributed by atoms with van der Waals surface area (Å²) in [4.78, 5) is 10.3. The second-order valence-corrected chi connectivity index (χ2v) is 6.86. The number of anilines is 1. The van der Waals surface area contributed by atoms with Crippen molar-refractivity contribution in [1.82, 2.24) is 0 Å². The van der Waals surface area contributed by atoms with Crippen molar-refractivity contribution in [2.45, 2.75) is 17.7 Å². The number of halogens is 2. The molecule has 0 aliphatic rings. The zero-order valence-corrected chi connectivity index (χ0v) is 13.3. The summed E-state index contributed by atoms with van der Waals surface area (Å²) in [7, 11) is -3.96. The minimum absolute atomic E-state index is 0.0657. The minimum atomic E-state index is -3.96. The number of hydrogen-bond donors (Lipinski definition) is 1. The van der Waals surface area contributed by atoms with E-state index < -0.39 is 21.8 Å². The highest BCUT2D eigenvalue weighted by atomic mass is 35.5. The number of rotatable bonds is 6. The molecule has 2 aromatic rings. The summed E-state index contributed by atoms with van der Waals surface area (Å²) in [5.41, 5.74) is 0.446. The number of aliphatic carboxylic acids is 1. The summed E-state index contributed by atoms with van der Waals surface area (Å²) in [6, 6.07) is 9.23. The third kappa shape index (κ3) is 4.67. The van der Waals surface area contributed by atoms with Crippen LogP contribution in [0.5, 0.6) is 0 Å². The fourth-order valence-electron chi connectivity index (χ4n) is 1.86. The topological polar surface area (TPSA) is 86.3 Å². The van der Waals surface area contributed by atoms with Crippen molar-refractivity contribution < 1.29 is 22.7 Å². The van der Waals surface area contributed by atoms with Gasteiger partial charge in [0.15, 0.2) is 0 Å². The molecule has 0 spiro atoms. The first-order chi connectivity index (χ1) is 10.8. The Morgan fingerprint density at radius 2 is 1.83 bits per heavy atom. The Labute approximate surface area is 137 Å². The van der Waals surface area contributed by atoms with Gasteiger partial charge in [-0.15, -0.1) is 0 Å². The molecule has 0 aromatic heterocycles. The molecule has 0 radical (unpaired) electrons. The molecule has 122 valence electrons. The molecule has 23 heavy (non-hydrogen) atoms. The average molecular weight is 357 g/mol. The van der Waals surface area contributed by atoms with Crippen molar-refractivity contribution in [2.75, 3.05) is 4.72 Å². The molecule has 0 saturated heterocycles. The SMILES string of the molecule is O=C([O-])CCc1ccc(S(=O)(=O)Nc2ccc(Cl)cc2F)cc1. The lowest BCUT2D eigenvalue weighted by Gasteiger charge is -2.10. The zero-order valence-electron chi connectivity index (χ0n) is 11.8. The van der Waals surface area contributed by atoms with Crippen molar-refractivity contribution in [3.05, 3.63) is 58.9 Å². The Morgan fingerprint density at radius 3 is 2.39 bits per heavy atom. The number of carboxylic acid groups (broad SMARTS) is 1. The van der Waals surface area contributed by atoms with E-state index in [1.54, 1.807) is 0 Å². The maximum absolute atomic E-state index is 13.7. The van der Waals surface area contributed by atoms with Crippen LogP contribution < -0.4 is 9.83 Å². The van der Waals surface area contributed by atoms with Crippen molar-refractivity contribution in [1.29, 1.82) is 0 Å². The number of carbonyl (C=O) groups excluding carboxylic acids is 1. The van der Waals surface area contributed by atoms with Crippen LogP contribution in [0.2, 0.25) is 5.02 Å². The molecule has 5 nitrogen and oxygen atoms in total. The van der Waals surface area contributed by atoms with E-state index in [2.05, 4.69) is 4.72 Å². The molecule has 1 N–H and O–H groups in total. The van der Waals surface area contributed by atoms with Crippen LogP contribution in [0.25, 0.3) is 0 Å². The van der Waals surface area contributed by atoms with Crippen LogP contribution in [-0.2, 0) is 21.2 Å². The normalized spacial score (nSPS) is 11.2.